The largest absolute Gasteiger partial charge is 0.246 e. The van der Waals surface area contributed by atoms with Gasteiger partial charge in [-0.2, -0.15) is 0 Å². The lowest BCUT2D eigenvalue weighted by atomic mass is 10.1. The molecule has 15 heavy (non-hydrogen) atoms. The van der Waals surface area contributed by atoms with Gasteiger partial charge in [0.15, 0.2) is 0 Å². The standard InChI is InChI=1S/C10H7N5/c1-2-7-5-12-10-14-6-13-9-11-4-3-8(7)15(9)10/h2-6H,1H2. The fourth-order valence-electron chi connectivity index (χ4n) is 1.56. The molecule has 3 rings (SSSR count). The second-order valence-electron chi connectivity index (χ2n) is 3.06. The van der Waals surface area contributed by atoms with Gasteiger partial charge < -0.3 is 0 Å². The first-order chi connectivity index (χ1) is 7.40. The molecule has 3 heterocycles. The summed E-state index contributed by atoms with van der Waals surface area (Å²) in [4.78, 5) is 18.3. The Labute approximate surface area is 86.3 Å². The monoisotopic (exact) mass is 197 g/mol. The van der Waals surface area contributed by atoms with Gasteiger partial charge in [0.05, 0.1) is 5.70 Å². The fraction of sp³-hybridized carbons (Fsp3) is 0. The van der Waals surface area contributed by atoms with Gasteiger partial charge >= 0.3 is 0 Å². The first-order valence-electron chi connectivity index (χ1n) is 4.46. The molecule has 72 valence electrons. The highest BCUT2D eigenvalue weighted by molar-refractivity contribution is 6.14. The number of aliphatic imine (C=N–C) groups is 4. The van der Waals surface area contributed by atoms with Crippen molar-refractivity contribution >= 4 is 24.5 Å². The van der Waals surface area contributed by atoms with E-state index in [1.165, 1.54) is 6.34 Å². The van der Waals surface area contributed by atoms with Crippen LogP contribution in [0, 0.1) is 0 Å². The van der Waals surface area contributed by atoms with E-state index < -0.39 is 0 Å². The zero-order valence-electron chi connectivity index (χ0n) is 7.83. The maximum Gasteiger partial charge on any atom is 0.238 e. The highest BCUT2D eigenvalue weighted by atomic mass is 15.4. The summed E-state index contributed by atoms with van der Waals surface area (Å²) >= 11 is 0. The second kappa shape index (κ2) is 2.84. The molecule has 0 amide bonds. The molecule has 5 nitrogen and oxygen atoms in total. The van der Waals surface area contributed by atoms with Gasteiger partial charge in [0.25, 0.3) is 0 Å². The lowest BCUT2D eigenvalue weighted by Gasteiger charge is -2.30. The molecule has 0 aliphatic carbocycles. The molecule has 0 aromatic heterocycles. The molecule has 0 fully saturated rings. The van der Waals surface area contributed by atoms with Crippen molar-refractivity contribution in [1.82, 2.24) is 4.90 Å². The molecular formula is C10H7N5. The van der Waals surface area contributed by atoms with Crippen LogP contribution in [0.4, 0.5) is 0 Å². The predicted molar refractivity (Wildman–Crippen MR) is 60.1 cm³/mol. The maximum absolute atomic E-state index is 4.20. The van der Waals surface area contributed by atoms with Crippen molar-refractivity contribution in [2.75, 3.05) is 0 Å². The summed E-state index contributed by atoms with van der Waals surface area (Å²) in [7, 11) is 0. The van der Waals surface area contributed by atoms with Gasteiger partial charge in [0.2, 0.25) is 11.9 Å². The molecule has 5 heteroatoms. The van der Waals surface area contributed by atoms with Gasteiger partial charge in [-0.25, -0.2) is 24.9 Å². The summed E-state index contributed by atoms with van der Waals surface area (Å²) in [5.74, 6) is 1.18. The minimum absolute atomic E-state index is 0.591. The van der Waals surface area contributed by atoms with Gasteiger partial charge in [-0.3, -0.25) is 0 Å². The lowest BCUT2D eigenvalue weighted by molar-refractivity contribution is 0.726. The van der Waals surface area contributed by atoms with E-state index >= 15 is 0 Å². The predicted octanol–water partition coefficient (Wildman–Crippen LogP) is 1.09. The van der Waals surface area contributed by atoms with Crippen molar-refractivity contribution < 1.29 is 0 Å². The van der Waals surface area contributed by atoms with Crippen LogP contribution in [0.15, 0.2) is 56.2 Å². The first-order valence-corrected chi connectivity index (χ1v) is 4.46. The summed E-state index contributed by atoms with van der Waals surface area (Å²) in [6.45, 7) is 3.74. The Morgan fingerprint density at radius 1 is 1.20 bits per heavy atom. The van der Waals surface area contributed by atoms with Crippen LogP contribution >= 0.6 is 0 Å². The van der Waals surface area contributed by atoms with Gasteiger partial charge in [0.1, 0.15) is 6.34 Å². The van der Waals surface area contributed by atoms with Crippen molar-refractivity contribution in [3.63, 3.8) is 0 Å². The van der Waals surface area contributed by atoms with Gasteiger partial charge in [-0.1, -0.05) is 12.7 Å². The Kier molecular flexibility index (Phi) is 1.53. The van der Waals surface area contributed by atoms with E-state index in [4.69, 9.17) is 0 Å². The summed E-state index contributed by atoms with van der Waals surface area (Å²) in [6.07, 6.45) is 8.55. The highest BCUT2D eigenvalue weighted by Gasteiger charge is 2.28. The molecule has 0 saturated heterocycles. The molecule has 3 aliphatic rings. The summed E-state index contributed by atoms with van der Waals surface area (Å²) in [6, 6.07) is 0. The molecule has 0 aromatic rings. The number of nitrogens with zero attached hydrogens (tertiary/aromatic N) is 5. The van der Waals surface area contributed by atoms with Gasteiger partial charge in [-0.05, 0) is 6.08 Å². The lowest BCUT2D eigenvalue weighted by Crippen LogP contribution is -2.40. The van der Waals surface area contributed by atoms with E-state index in [2.05, 4.69) is 26.5 Å². The van der Waals surface area contributed by atoms with Crippen LogP contribution in [-0.2, 0) is 0 Å². The van der Waals surface area contributed by atoms with Gasteiger partial charge in [-0.15, -0.1) is 0 Å². The number of hydrogen-bond donors (Lipinski definition) is 0. The Balaban J connectivity index is 2.23. The maximum atomic E-state index is 4.20. The zero-order chi connectivity index (χ0) is 10.3. The fourth-order valence-corrected chi connectivity index (χ4v) is 1.56. The van der Waals surface area contributed by atoms with Crippen LogP contribution in [0.1, 0.15) is 0 Å². The smallest absolute Gasteiger partial charge is 0.238 e. The third kappa shape index (κ3) is 1.03. The van der Waals surface area contributed by atoms with Crippen LogP contribution in [0.5, 0.6) is 0 Å². The van der Waals surface area contributed by atoms with E-state index in [1.54, 1.807) is 23.4 Å². The molecule has 3 aliphatic heterocycles. The number of rotatable bonds is 1. The Hall–Kier alpha value is -2.30. The van der Waals surface area contributed by atoms with Crippen LogP contribution in [0.3, 0.4) is 0 Å². The molecule has 0 saturated carbocycles. The minimum Gasteiger partial charge on any atom is -0.246 e. The van der Waals surface area contributed by atoms with E-state index in [1.807, 2.05) is 6.08 Å². The Morgan fingerprint density at radius 3 is 2.93 bits per heavy atom. The van der Waals surface area contributed by atoms with Crippen LogP contribution in [-0.4, -0.2) is 29.4 Å². The molecule has 0 aromatic carbocycles. The van der Waals surface area contributed by atoms with E-state index in [0.717, 1.165) is 11.3 Å². The van der Waals surface area contributed by atoms with Crippen molar-refractivity contribution in [3.05, 3.63) is 36.2 Å². The summed E-state index contributed by atoms with van der Waals surface area (Å²) in [5, 5.41) is 0. The third-order valence-corrected chi connectivity index (χ3v) is 2.24. The van der Waals surface area contributed by atoms with E-state index in [9.17, 15) is 0 Å². The van der Waals surface area contributed by atoms with Crippen molar-refractivity contribution in [2.24, 2.45) is 20.0 Å². The van der Waals surface area contributed by atoms with Crippen LogP contribution in [0.25, 0.3) is 0 Å². The first kappa shape index (κ1) is 8.05. The average molecular weight is 197 g/mol. The molecule has 0 unspecified atom stereocenters. The third-order valence-electron chi connectivity index (χ3n) is 2.24. The Morgan fingerprint density at radius 2 is 2.07 bits per heavy atom. The number of hydrogen-bond acceptors (Lipinski definition) is 5. The topological polar surface area (TPSA) is 52.7 Å². The van der Waals surface area contributed by atoms with Crippen molar-refractivity contribution in [3.8, 4) is 0 Å². The molecule has 0 atom stereocenters. The molecule has 0 bridgehead atoms. The van der Waals surface area contributed by atoms with E-state index in [0.29, 0.717) is 11.9 Å². The highest BCUT2D eigenvalue weighted by Crippen LogP contribution is 2.25. The van der Waals surface area contributed by atoms with Crippen molar-refractivity contribution in [2.45, 2.75) is 0 Å². The quantitative estimate of drug-likeness (QED) is 0.620. The SMILES string of the molecule is C=CC1=CN=C2N=CN=C3N=CC=C1N32. The van der Waals surface area contributed by atoms with Crippen LogP contribution < -0.4 is 0 Å². The van der Waals surface area contributed by atoms with Gasteiger partial charge in [0, 0.05) is 18.0 Å². The Bertz CT molecular complexity index is 516. The summed E-state index contributed by atoms with van der Waals surface area (Å²) in [5.41, 5.74) is 1.90. The molecule has 0 N–H and O–H groups in total. The number of allylic oxidation sites excluding steroid dienone is 2. The average Bonchev–Trinajstić information content (AvgIpc) is 2.30. The zero-order valence-corrected chi connectivity index (χ0v) is 7.83. The molecular weight excluding hydrogens is 190 g/mol. The second-order valence-corrected chi connectivity index (χ2v) is 3.06. The summed E-state index contributed by atoms with van der Waals surface area (Å²) < 4.78 is 0. The molecule has 0 radical (unpaired) electrons. The number of guanidine groups is 2. The normalized spacial score (nSPS) is 21.2. The minimum atomic E-state index is 0.591. The van der Waals surface area contributed by atoms with Crippen molar-refractivity contribution in [1.29, 1.82) is 0 Å². The van der Waals surface area contributed by atoms with E-state index in [-0.39, 0.29) is 0 Å². The molecule has 0 spiro atoms. The van der Waals surface area contributed by atoms with Crippen LogP contribution in [0.2, 0.25) is 0 Å².